The van der Waals surface area contributed by atoms with Crippen LogP contribution in [0.5, 0.6) is 5.75 Å². The van der Waals surface area contributed by atoms with E-state index in [0.717, 1.165) is 29.3 Å². The van der Waals surface area contributed by atoms with Gasteiger partial charge in [-0.15, -0.1) is 11.3 Å². The van der Waals surface area contributed by atoms with Crippen LogP contribution in [0, 0.1) is 0 Å². The SMILES string of the molecule is NC(=O)c1csc(-c2ccc3c(c2)CCO3)n1. The summed E-state index contributed by atoms with van der Waals surface area (Å²) in [6, 6.07) is 5.96. The fourth-order valence-electron chi connectivity index (χ4n) is 1.84. The number of rotatable bonds is 2. The lowest BCUT2D eigenvalue weighted by molar-refractivity contribution is 0.0996. The summed E-state index contributed by atoms with van der Waals surface area (Å²) in [6.45, 7) is 0.739. The number of aromatic nitrogens is 1. The molecule has 0 fully saturated rings. The molecule has 1 aliphatic rings. The average Bonchev–Trinajstić information content (AvgIpc) is 2.97. The molecule has 0 saturated carbocycles. The minimum atomic E-state index is -0.489. The van der Waals surface area contributed by atoms with E-state index < -0.39 is 5.91 Å². The second-order valence-electron chi connectivity index (χ2n) is 3.82. The van der Waals surface area contributed by atoms with Gasteiger partial charge in [0.2, 0.25) is 0 Å². The Kier molecular flexibility index (Phi) is 2.33. The van der Waals surface area contributed by atoms with Crippen molar-refractivity contribution in [2.75, 3.05) is 6.61 Å². The number of carbonyl (C=O) groups excluding carboxylic acids is 1. The minimum absolute atomic E-state index is 0.321. The van der Waals surface area contributed by atoms with Gasteiger partial charge in [0.1, 0.15) is 16.5 Å². The summed E-state index contributed by atoms with van der Waals surface area (Å²) in [4.78, 5) is 15.2. The van der Waals surface area contributed by atoms with Gasteiger partial charge in [-0.1, -0.05) is 0 Å². The van der Waals surface area contributed by atoms with Gasteiger partial charge in [-0.3, -0.25) is 4.79 Å². The van der Waals surface area contributed by atoms with Gasteiger partial charge in [-0.2, -0.15) is 0 Å². The van der Waals surface area contributed by atoms with Crippen molar-refractivity contribution in [1.29, 1.82) is 0 Å². The van der Waals surface area contributed by atoms with Crippen molar-refractivity contribution in [3.8, 4) is 16.3 Å². The van der Waals surface area contributed by atoms with Crippen molar-refractivity contribution in [2.45, 2.75) is 6.42 Å². The molecule has 1 amide bonds. The van der Waals surface area contributed by atoms with Gasteiger partial charge in [0.25, 0.3) is 5.91 Å². The standard InChI is InChI=1S/C12H10N2O2S/c13-11(15)9-6-17-12(14-9)8-1-2-10-7(5-8)3-4-16-10/h1-2,5-6H,3-4H2,(H2,13,15). The summed E-state index contributed by atoms with van der Waals surface area (Å²) in [5.41, 5.74) is 7.70. The Bertz CT molecular complexity index is 592. The summed E-state index contributed by atoms with van der Waals surface area (Å²) in [6.07, 6.45) is 0.928. The zero-order chi connectivity index (χ0) is 11.8. The molecule has 2 N–H and O–H groups in total. The fourth-order valence-corrected chi connectivity index (χ4v) is 2.65. The summed E-state index contributed by atoms with van der Waals surface area (Å²) in [5, 5.41) is 2.50. The number of hydrogen-bond donors (Lipinski definition) is 1. The summed E-state index contributed by atoms with van der Waals surface area (Å²) in [5.74, 6) is 0.456. The lowest BCUT2D eigenvalue weighted by Crippen LogP contribution is -2.10. The van der Waals surface area contributed by atoms with E-state index in [9.17, 15) is 4.79 Å². The highest BCUT2D eigenvalue weighted by molar-refractivity contribution is 7.13. The Labute approximate surface area is 102 Å². The first-order valence-electron chi connectivity index (χ1n) is 5.25. The number of benzene rings is 1. The third-order valence-corrected chi connectivity index (χ3v) is 3.58. The molecule has 0 saturated heterocycles. The Morgan fingerprint density at radius 1 is 1.47 bits per heavy atom. The van der Waals surface area contributed by atoms with Crippen LogP contribution >= 0.6 is 11.3 Å². The van der Waals surface area contributed by atoms with Crippen LogP contribution in [-0.4, -0.2) is 17.5 Å². The molecule has 5 heteroatoms. The number of primary amides is 1. The Hall–Kier alpha value is -1.88. The molecule has 1 aromatic heterocycles. The molecule has 17 heavy (non-hydrogen) atoms. The fraction of sp³-hybridized carbons (Fsp3) is 0.167. The van der Waals surface area contributed by atoms with Crippen LogP contribution in [0.1, 0.15) is 16.1 Å². The molecule has 0 spiro atoms. The number of thiazole rings is 1. The van der Waals surface area contributed by atoms with Crippen molar-refractivity contribution < 1.29 is 9.53 Å². The monoisotopic (exact) mass is 246 g/mol. The lowest BCUT2D eigenvalue weighted by atomic mass is 10.1. The third kappa shape index (κ3) is 1.78. The number of hydrogen-bond acceptors (Lipinski definition) is 4. The quantitative estimate of drug-likeness (QED) is 0.879. The lowest BCUT2D eigenvalue weighted by Gasteiger charge is -2.00. The molecule has 2 heterocycles. The second kappa shape index (κ2) is 3.85. The first kappa shape index (κ1) is 10.3. The van der Waals surface area contributed by atoms with Gasteiger partial charge in [0, 0.05) is 17.4 Å². The van der Waals surface area contributed by atoms with Gasteiger partial charge >= 0.3 is 0 Å². The van der Waals surface area contributed by atoms with Crippen LogP contribution in [0.25, 0.3) is 10.6 Å². The second-order valence-corrected chi connectivity index (χ2v) is 4.68. The number of nitrogens with zero attached hydrogens (tertiary/aromatic N) is 1. The molecule has 1 aromatic carbocycles. The highest BCUT2D eigenvalue weighted by Gasteiger charge is 2.14. The Balaban J connectivity index is 2.00. The minimum Gasteiger partial charge on any atom is -0.493 e. The Morgan fingerprint density at radius 3 is 3.12 bits per heavy atom. The smallest absolute Gasteiger partial charge is 0.268 e. The highest BCUT2D eigenvalue weighted by Crippen LogP contribution is 2.31. The predicted molar refractivity (Wildman–Crippen MR) is 65.3 cm³/mol. The van der Waals surface area contributed by atoms with Crippen LogP contribution in [0.4, 0.5) is 0 Å². The van der Waals surface area contributed by atoms with Crippen LogP contribution < -0.4 is 10.5 Å². The van der Waals surface area contributed by atoms with Crippen LogP contribution in [-0.2, 0) is 6.42 Å². The summed E-state index contributed by atoms with van der Waals surface area (Å²) < 4.78 is 5.44. The van der Waals surface area contributed by atoms with Gasteiger partial charge < -0.3 is 10.5 Å². The van der Waals surface area contributed by atoms with E-state index in [-0.39, 0.29) is 0 Å². The number of amides is 1. The first-order chi connectivity index (χ1) is 8.24. The molecule has 0 unspecified atom stereocenters. The topological polar surface area (TPSA) is 65.2 Å². The molecule has 3 rings (SSSR count). The van der Waals surface area contributed by atoms with Crippen LogP contribution in [0.15, 0.2) is 23.6 Å². The molecule has 0 radical (unpaired) electrons. The molecule has 86 valence electrons. The number of fused-ring (bicyclic) bond motifs is 1. The molecule has 1 aliphatic heterocycles. The van der Waals surface area contributed by atoms with Gasteiger partial charge in [-0.25, -0.2) is 4.98 Å². The Morgan fingerprint density at radius 2 is 2.35 bits per heavy atom. The van der Waals surface area contributed by atoms with E-state index >= 15 is 0 Å². The molecular weight excluding hydrogens is 236 g/mol. The van der Waals surface area contributed by atoms with E-state index in [2.05, 4.69) is 11.1 Å². The van der Waals surface area contributed by atoms with E-state index in [1.165, 1.54) is 16.9 Å². The maximum Gasteiger partial charge on any atom is 0.268 e. The first-order valence-corrected chi connectivity index (χ1v) is 6.13. The third-order valence-electron chi connectivity index (χ3n) is 2.69. The molecule has 4 nitrogen and oxygen atoms in total. The van der Waals surface area contributed by atoms with E-state index in [1.54, 1.807) is 5.38 Å². The van der Waals surface area contributed by atoms with Crippen molar-refractivity contribution >= 4 is 17.2 Å². The van der Waals surface area contributed by atoms with E-state index in [4.69, 9.17) is 10.5 Å². The summed E-state index contributed by atoms with van der Waals surface area (Å²) >= 11 is 1.42. The van der Waals surface area contributed by atoms with Gasteiger partial charge in [0.05, 0.1) is 6.61 Å². The number of ether oxygens (including phenoxy) is 1. The summed E-state index contributed by atoms with van der Waals surface area (Å²) in [7, 11) is 0. The molecule has 0 aliphatic carbocycles. The maximum atomic E-state index is 11.0. The maximum absolute atomic E-state index is 11.0. The van der Waals surface area contributed by atoms with Crippen molar-refractivity contribution in [2.24, 2.45) is 5.73 Å². The van der Waals surface area contributed by atoms with Crippen LogP contribution in [0.2, 0.25) is 0 Å². The average molecular weight is 246 g/mol. The highest BCUT2D eigenvalue weighted by atomic mass is 32.1. The van der Waals surface area contributed by atoms with Crippen molar-refractivity contribution in [1.82, 2.24) is 4.98 Å². The molecular formula is C12H10N2O2S. The number of carbonyl (C=O) groups is 1. The van der Waals surface area contributed by atoms with E-state index in [0.29, 0.717) is 5.69 Å². The van der Waals surface area contributed by atoms with Gasteiger partial charge in [-0.05, 0) is 23.8 Å². The van der Waals surface area contributed by atoms with Crippen LogP contribution in [0.3, 0.4) is 0 Å². The van der Waals surface area contributed by atoms with Crippen molar-refractivity contribution in [3.05, 3.63) is 34.8 Å². The van der Waals surface area contributed by atoms with E-state index in [1.807, 2.05) is 12.1 Å². The molecule has 0 bridgehead atoms. The zero-order valence-electron chi connectivity index (χ0n) is 8.97. The largest absolute Gasteiger partial charge is 0.493 e. The van der Waals surface area contributed by atoms with Gasteiger partial charge in [0.15, 0.2) is 0 Å². The molecule has 0 atom stereocenters. The van der Waals surface area contributed by atoms with Crippen molar-refractivity contribution in [3.63, 3.8) is 0 Å². The zero-order valence-corrected chi connectivity index (χ0v) is 9.79. The predicted octanol–water partition coefficient (Wildman–Crippen LogP) is 1.84. The normalized spacial score (nSPS) is 13.2. The molecule has 2 aromatic rings. The number of nitrogens with two attached hydrogens (primary N) is 1.